The first-order chi connectivity index (χ1) is 12.4. The van der Waals surface area contributed by atoms with E-state index in [-0.39, 0.29) is 17.2 Å². The van der Waals surface area contributed by atoms with Gasteiger partial charge in [-0.05, 0) is 53.2 Å². The lowest BCUT2D eigenvalue weighted by atomic mass is 10.2. The van der Waals surface area contributed by atoms with Gasteiger partial charge in [-0.1, -0.05) is 35.3 Å². The third-order valence-electron chi connectivity index (χ3n) is 3.67. The van der Waals surface area contributed by atoms with Crippen LogP contribution in [0.25, 0.3) is 6.08 Å². The first-order valence-electron chi connectivity index (χ1n) is 7.42. The molecule has 0 unspecified atom stereocenters. The van der Waals surface area contributed by atoms with Crippen molar-refractivity contribution in [2.24, 2.45) is 0 Å². The van der Waals surface area contributed by atoms with Crippen LogP contribution in [0.2, 0.25) is 10.0 Å². The molecular formula is C18H12Cl2FNO3S. The predicted octanol–water partition coefficient (Wildman–Crippen LogP) is 5.38. The number of carbonyl (C=O) groups excluding carboxylic acids is 2. The molecule has 26 heavy (non-hydrogen) atoms. The Labute approximate surface area is 163 Å². The lowest BCUT2D eigenvalue weighted by Crippen LogP contribution is -2.27. The summed E-state index contributed by atoms with van der Waals surface area (Å²) in [4.78, 5) is 26.0. The molecule has 0 radical (unpaired) electrons. The normalized spacial score (nSPS) is 15.8. The maximum Gasteiger partial charge on any atom is 0.293 e. The fourth-order valence-electron chi connectivity index (χ4n) is 2.38. The quantitative estimate of drug-likeness (QED) is 0.633. The number of methoxy groups -OCH3 is 1. The summed E-state index contributed by atoms with van der Waals surface area (Å²) in [6.07, 6.45) is 1.47. The molecule has 4 nitrogen and oxygen atoms in total. The summed E-state index contributed by atoms with van der Waals surface area (Å²) in [5.41, 5.74) is 1.14. The number of hydrogen-bond acceptors (Lipinski definition) is 4. The molecule has 1 saturated heterocycles. The van der Waals surface area contributed by atoms with E-state index in [0.717, 1.165) is 16.7 Å². The minimum atomic E-state index is -0.545. The maximum absolute atomic E-state index is 13.8. The molecule has 2 aromatic carbocycles. The van der Waals surface area contributed by atoms with Gasteiger partial charge in [0.1, 0.15) is 0 Å². The number of ether oxygens (including phenoxy) is 1. The van der Waals surface area contributed by atoms with Crippen LogP contribution in [0.4, 0.5) is 9.18 Å². The number of amides is 2. The van der Waals surface area contributed by atoms with Crippen LogP contribution in [0, 0.1) is 5.82 Å². The van der Waals surface area contributed by atoms with Crippen LogP contribution in [-0.4, -0.2) is 23.2 Å². The van der Waals surface area contributed by atoms with E-state index in [1.54, 1.807) is 24.3 Å². The van der Waals surface area contributed by atoms with Crippen LogP contribution in [-0.2, 0) is 11.3 Å². The number of benzene rings is 2. The Hall–Kier alpha value is -2.02. The highest BCUT2D eigenvalue weighted by molar-refractivity contribution is 8.18. The van der Waals surface area contributed by atoms with Crippen molar-refractivity contribution in [3.63, 3.8) is 0 Å². The van der Waals surface area contributed by atoms with Crippen LogP contribution in [0.1, 0.15) is 11.1 Å². The van der Waals surface area contributed by atoms with Crippen molar-refractivity contribution in [3.8, 4) is 5.75 Å². The molecule has 2 amide bonds. The standard InChI is InChI=1S/C18H12Cl2FNO3S/c1-25-15-5-3-10(7-14(15)21)8-16-17(23)22(18(24)26-16)9-11-2-4-12(19)13(20)6-11/h2-8H,9H2,1H3/b16-8-. The van der Waals surface area contributed by atoms with Crippen molar-refractivity contribution in [2.45, 2.75) is 6.54 Å². The molecular weight excluding hydrogens is 400 g/mol. The van der Waals surface area contributed by atoms with Gasteiger partial charge >= 0.3 is 0 Å². The summed E-state index contributed by atoms with van der Waals surface area (Å²) in [5.74, 6) is -0.881. The van der Waals surface area contributed by atoms with E-state index in [4.69, 9.17) is 27.9 Å². The number of nitrogens with zero attached hydrogens (tertiary/aromatic N) is 1. The van der Waals surface area contributed by atoms with E-state index in [1.165, 1.54) is 25.3 Å². The van der Waals surface area contributed by atoms with Crippen LogP contribution >= 0.6 is 35.0 Å². The van der Waals surface area contributed by atoms with Gasteiger partial charge in [-0.25, -0.2) is 4.39 Å². The molecule has 134 valence electrons. The zero-order valence-corrected chi connectivity index (χ0v) is 15.8. The molecule has 0 bridgehead atoms. The molecule has 1 aliphatic rings. The number of imide groups is 1. The molecule has 1 aliphatic heterocycles. The van der Waals surface area contributed by atoms with Gasteiger partial charge in [0.15, 0.2) is 11.6 Å². The zero-order chi connectivity index (χ0) is 18.8. The fourth-order valence-corrected chi connectivity index (χ4v) is 3.54. The van der Waals surface area contributed by atoms with Gasteiger partial charge in [0.05, 0.1) is 28.6 Å². The SMILES string of the molecule is COc1ccc(/C=C2\SC(=O)N(Cc3ccc(Cl)c(Cl)c3)C2=O)cc1F. The van der Waals surface area contributed by atoms with Crippen molar-refractivity contribution < 1.29 is 18.7 Å². The van der Waals surface area contributed by atoms with Crippen molar-refractivity contribution >= 4 is 52.2 Å². The maximum atomic E-state index is 13.8. The van der Waals surface area contributed by atoms with Gasteiger partial charge in [-0.2, -0.15) is 0 Å². The minimum absolute atomic E-state index is 0.0792. The van der Waals surface area contributed by atoms with Crippen molar-refractivity contribution in [1.82, 2.24) is 4.90 Å². The average Bonchev–Trinajstić information content (AvgIpc) is 2.86. The van der Waals surface area contributed by atoms with Gasteiger partial charge in [0, 0.05) is 0 Å². The molecule has 8 heteroatoms. The number of halogens is 3. The van der Waals surface area contributed by atoms with E-state index in [2.05, 4.69) is 0 Å². The Morgan fingerprint density at radius 1 is 1.15 bits per heavy atom. The summed E-state index contributed by atoms with van der Waals surface area (Å²) in [6, 6.07) is 9.21. The summed E-state index contributed by atoms with van der Waals surface area (Å²) in [6.45, 7) is 0.0792. The van der Waals surface area contributed by atoms with E-state index < -0.39 is 17.0 Å². The first kappa shape index (κ1) is 18.8. The predicted molar refractivity (Wildman–Crippen MR) is 101 cm³/mol. The summed E-state index contributed by atoms with van der Waals surface area (Å²) in [5, 5.41) is 0.340. The molecule has 2 aromatic rings. The highest BCUT2D eigenvalue weighted by atomic mass is 35.5. The van der Waals surface area contributed by atoms with Gasteiger partial charge in [0.2, 0.25) is 0 Å². The molecule has 1 fully saturated rings. The van der Waals surface area contributed by atoms with E-state index in [9.17, 15) is 14.0 Å². The van der Waals surface area contributed by atoms with Crippen molar-refractivity contribution in [3.05, 3.63) is 68.3 Å². The molecule has 0 aliphatic carbocycles. The van der Waals surface area contributed by atoms with Crippen LogP contribution in [0.15, 0.2) is 41.3 Å². The Kier molecular flexibility index (Phi) is 5.55. The largest absolute Gasteiger partial charge is 0.494 e. The number of thioether (sulfide) groups is 1. The average molecular weight is 412 g/mol. The lowest BCUT2D eigenvalue weighted by Gasteiger charge is -2.12. The Morgan fingerprint density at radius 2 is 1.92 bits per heavy atom. The minimum Gasteiger partial charge on any atom is -0.494 e. The summed E-state index contributed by atoms with van der Waals surface area (Å²) < 4.78 is 18.6. The second kappa shape index (κ2) is 7.70. The van der Waals surface area contributed by atoms with E-state index >= 15 is 0 Å². The van der Waals surface area contributed by atoms with Crippen molar-refractivity contribution in [2.75, 3.05) is 7.11 Å². The molecule has 0 spiro atoms. The van der Waals surface area contributed by atoms with Crippen LogP contribution in [0.5, 0.6) is 5.75 Å². The van der Waals surface area contributed by atoms with E-state index in [1.807, 2.05) is 0 Å². The molecule has 0 N–H and O–H groups in total. The molecule has 3 rings (SSSR count). The van der Waals surface area contributed by atoms with E-state index in [0.29, 0.717) is 21.2 Å². The van der Waals surface area contributed by atoms with Gasteiger partial charge in [-0.3, -0.25) is 14.5 Å². The van der Waals surface area contributed by atoms with Gasteiger partial charge < -0.3 is 4.74 Å². The van der Waals surface area contributed by atoms with Crippen LogP contribution < -0.4 is 4.74 Å². The highest BCUT2D eigenvalue weighted by Crippen LogP contribution is 2.34. The fraction of sp³-hybridized carbons (Fsp3) is 0.111. The number of rotatable bonds is 4. The molecule has 1 heterocycles. The topological polar surface area (TPSA) is 46.6 Å². The Balaban J connectivity index is 1.82. The molecule has 0 saturated carbocycles. The summed E-state index contributed by atoms with van der Waals surface area (Å²) in [7, 11) is 1.37. The van der Waals surface area contributed by atoms with Crippen LogP contribution in [0.3, 0.4) is 0 Å². The smallest absolute Gasteiger partial charge is 0.293 e. The highest BCUT2D eigenvalue weighted by Gasteiger charge is 2.35. The number of carbonyl (C=O) groups is 2. The van der Waals surface area contributed by atoms with Crippen molar-refractivity contribution in [1.29, 1.82) is 0 Å². The second-order valence-electron chi connectivity index (χ2n) is 5.41. The first-order valence-corrected chi connectivity index (χ1v) is 8.99. The third kappa shape index (κ3) is 3.87. The zero-order valence-electron chi connectivity index (χ0n) is 13.5. The number of hydrogen-bond donors (Lipinski definition) is 0. The molecule has 0 aromatic heterocycles. The second-order valence-corrected chi connectivity index (χ2v) is 7.22. The summed E-state index contributed by atoms with van der Waals surface area (Å²) >= 11 is 12.6. The lowest BCUT2D eigenvalue weighted by molar-refractivity contribution is -0.123. The Morgan fingerprint density at radius 3 is 2.58 bits per heavy atom. The van der Waals surface area contributed by atoms with Gasteiger partial charge in [0.25, 0.3) is 11.1 Å². The Bertz CT molecular complexity index is 933. The monoisotopic (exact) mass is 411 g/mol. The third-order valence-corrected chi connectivity index (χ3v) is 5.32. The van der Waals surface area contributed by atoms with Gasteiger partial charge in [-0.15, -0.1) is 0 Å². The molecule has 0 atom stereocenters.